The number of hydrogen-bond acceptors (Lipinski definition) is 1. The van der Waals surface area contributed by atoms with E-state index in [-0.39, 0.29) is 0 Å². The second-order valence-corrected chi connectivity index (χ2v) is 4.24. The first-order valence-corrected chi connectivity index (χ1v) is 4.63. The van der Waals surface area contributed by atoms with Crippen LogP contribution in [0.1, 0.15) is 12.8 Å². The molecule has 0 spiro atoms. The van der Waals surface area contributed by atoms with Crippen molar-refractivity contribution in [1.82, 2.24) is 0 Å². The molecule has 0 amide bonds. The monoisotopic (exact) mass is 166 g/mol. The van der Waals surface area contributed by atoms with Crippen molar-refractivity contribution < 1.29 is 0 Å². The first-order valence-electron chi connectivity index (χ1n) is 3.68. The Hall–Kier alpha value is -0.670. The molecule has 1 heterocycles. The summed E-state index contributed by atoms with van der Waals surface area (Å²) in [6.07, 6.45) is 2.26. The van der Waals surface area contributed by atoms with Crippen LogP contribution < -0.4 is 0 Å². The minimum Gasteiger partial charge on any atom is -0.316 e. The van der Waals surface area contributed by atoms with Gasteiger partial charge in [0.25, 0.3) is 0 Å². The average molecular weight is 166 g/mol. The molecule has 1 rings (SSSR count). The molecular formula is C8H10N2S. The second kappa shape index (κ2) is 4.26. The first kappa shape index (κ1) is 8.43. The summed E-state index contributed by atoms with van der Waals surface area (Å²) in [6, 6.07) is 0. The van der Waals surface area contributed by atoms with Gasteiger partial charge in [-0.25, -0.2) is 13.1 Å². The molecular weight excluding hydrogens is 156 g/mol. The van der Waals surface area contributed by atoms with E-state index in [0.29, 0.717) is 23.6 Å². The Balaban J connectivity index is 2.25. The van der Waals surface area contributed by atoms with Gasteiger partial charge in [-0.2, -0.15) is 0 Å². The van der Waals surface area contributed by atoms with Crippen LogP contribution in [-0.4, -0.2) is 23.6 Å². The average Bonchev–Trinajstić information content (AvgIpc) is 2.38. The molecule has 0 aliphatic carbocycles. The summed E-state index contributed by atoms with van der Waals surface area (Å²) in [5.41, 5.74) is 0. The maximum Gasteiger partial charge on any atom is 0.226 e. The third-order valence-electron chi connectivity index (χ3n) is 1.79. The quantitative estimate of drug-likeness (QED) is 0.570. The van der Waals surface area contributed by atoms with E-state index in [1.807, 2.05) is 11.8 Å². The molecule has 1 saturated heterocycles. The van der Waals surface area contributed by atoms with Gasteiger partial charge in [-0.15, -0.1) is 11.8 Å². The molecule has 0 aromatic carbocycles. The van der Waals surface area contributed by atoms with E-state index in [0.717, 1.165) is 12.8 Å². The van der Waals surface area contributed by atoms with Crippen molar-refractivity contribution in [3.05, 3.63) is 22.8 Å². The van der Waals surface area contributed by atoms with Crippen molar-refractivity contribution in [3.8, 4) is 0 Å². The van der Waals surface area contributed by atoms with E-state index in [4.69, 9.17) is 13.1 Å². The fourth-order valence-corrected chi connectivity index (χ4v) is 2.66. The standard InChI is InChI=1S/C8H10N2S/c1-9-5-7-3-4-8(11-7)6-10-2/h7-8H,3-6H2. The largest absolute Gasteiger partial charge is 0.316 e. The van der Waals surface area contributed by atoms with E-state index in [1.165, 1.54) is 0 Å². The van der Waals surface area contributed by atoms with Gasteiger partial charge in [0.2, 0.25) is 13.1 Å². The minimum absolute atomic E-state index is 0.513. The normalized spacial score (nSPS) is 29.3. The molecule has 1 fully saturated rings. The summed E-state index contributed by atoms with van der Waals surface area (Å²) in [5.74, 6) is 0. The van der Waals surface area contributed by atoms with Crippen molar-refractivity contribution in [1.29, 1.82) is 0 Å². The molecule has 0 radical (unpaired) electrons. The Morgan fingerprint density at radius 3 is 1.91 bits per heavy atom. The van der Waals surface area contributed by atoms with Crippen LogP contribution in [0.3, 0.4) is 0 Å². The smallest absolute Gasteiger partial charge is 0.226 e. The Kier molecular flexibility index (Phi) is 3.26. The first-order chi connectivity index (χ1) is 5.36. The lowest BCUT2D eigenvalue weighted by Gasteiger charge is -1.99. The van der Waals surface area contributed by atoms with Crippen LogP contribution in [0.25, 0.3) is 9.69 Å². The molecule has 2 unspecified atom stereocenters. The molecule has 0 bridgehead atoms. The number of thioether (sulfide) groups is 1. The summed E-state index contributed by atoms with van der Waals surface area (Å²) >= 11 is 1.83. The number of nitrogens with zero attached hydrogens (tertiary/aromatic N) is 2. The fraction of sp³-hybridized carbons (Fsp3) is 0.750. The molecule has 2 atom stereocenters. The summed E-state index contributed by atoms with van der Waals surface area (Å²) in [6.45, 7) is 14.6. The minimum atomic E-state index is 0.513. The summed E-state index contributed by atoms with van der Waals surface area (Å²) < 4.78 is 0. The molecule has 58 valence electrons. The number of rotatable bonds is 2. The zero-order valence-corrected chi connectivity index (χ0v) is 7.10. The summed E-state index contributed by atoms with van der Waals surface area (Å²) in [5, 5.41) is 1.03. The lowest BCUT2D eigenvalue weighted by atomic mass is 10.2. The lowest BCUT2D eigenvalue weighted by molar-refractivity contribution is 0.759. The topological polar surface area (TPSA) is 8.72 Å². The van der Waals surface area contributed by atoms with Gasteiger partial charge >= 0.3 is 0 Å². The SMILES string of the molecule is [C-]#[N+]CC1CCC(C[N+]#[C-])S1. The highest BCUT2D eigenvalue weighted by Gasteiger charge is 2.28. The molecule has 1 aliphatic rings. The van der Waals surface area contributed by atoms with Crippen LogP contribution in [0.2, 0.25) is 0 Å². The van der Waals surface area contributed by atoms with Gasteiger partial charge in [0.15, 0.2) is 0 Å². The van der Waals surface area contributed by atoms with E-state index >= 15 is 0 Å². The molecule has 1 aliphatic heterocycles. The van der Waals surface area contributed by atoms with Crippen LogP contribution >= 0.6 is 11.8 Å². The maximum absolute atomic E-state index is 6.69. The molecule has 11 heavy (non-hydrogen) atoms. The van der Waals surface area contributed by atoms with Gasteiger partial charge in [0.1, 0.15) is 0 Å². The van der Waals surface area contributed by atoms with E-state index in [2.05, 4.69) is 9.69 Å². The van der Waals surface area contributed by atoms with Gasteiger partial charge in [0, 0.05) is 0 Å². The zero-order valence-electron chi connectivity index (χ0n) is 6.29. The van der Waals surface area contributed by atoms with Gasteiger partial charge in [0.05, 0.1) is 10.5 Å². The second-order valence-electron chi connectivity index (χ2n) is 2.64. The van der Waals surface area contributed by atoms with Gasteiger partial charge in [-0.05, 0) is 12.8 Å². The van der Waals surface area contributed by atoms with Crippen molar-refractivity contribution in [3.63, 3.8) is 0 Å². The van der Waals surface area contributed by atoms with Crippen molar-refractivity contribution >= 4 is 11.8 Å². The van der Waals surface area contributed by atoms with Gasteiger partial charge in [-0.1, -0.05) is 0 Å². The van der Waals surface area contributed by atoms with Crippen LogP contribution in [0.15, 0.2) is 0 Å². The highest BCUT2D eigenvalue weighted by molar-refractivity contribution is 8.00. The zero-order chi connectivity index (χ0) is 8.10. The van der Waals surface area contributed by atoms with E-state index < -0.39 is 0 Å². The van der Waals surface area contributed by atoms with E-state index in [1.54, 1.807) is 0 Å². The summed E-state index contributed by atoms with van der Waals surface area (Å²) in [7, 11) is 0. The third kappa shape index (κ3) is 2.44. The fourth-order valence-electron chi connectivity index (χ4n) is 1.25. The van der Waals surface area contributed by atoms with Gasteiger partial charge in [-0.3, -0.25) is 0 Å². The van der Waals surface area contributed by atoms with Crippen molar-refractivity contribution in [2.24, 2.45) is 0 Å². The Morgan fingerprint density at radius 2 is 1.55 bits per heavy atom. The molecule has 2 nitrogen and oxygen atoms in total. The molecule has 3 heteroatoms. The Morgan fingerprint density at radius 1 is 1.09 bits per heavy atom. The van der Waals surface area contributed by atoms with Crippen LogP contribution in [0.4, 0.5) is 0 Å². The predicted octanol–water partition coefficient (Wildman–Crippen LogP) is 2.09. The Bertz CT molecular complexity index is 179. The molecule has 0 saturated carbocycles. The van der Waals surface area contributed by atoms with Crippen molar-refractivity contribution in [2.75, 3.05) is 13.1 Å². The predicted molar refractivity (Wildman–Crippen MR) is 47.3 cm³/mol. The van der Waals surface area contributed by atoms with Crippen LogP contribution in [0, 0.1) is 13.1 Å². The van der Waals surface area contributed by atoms with Crippen molar-refractivity contribution in [2.45, 2.75) is 23.3 Å². The Labute approximate surface area is 71.6 Å². The molecule has 0 aromatic heterocycles. The number of hydrogen-bond donors (Lipinski definition) is 0. The summed E-state index contributed by atoms with van der Waals surface area (Å²) in [4.78, 5) is 6.73. The highest BCUT2D eigenvalue weighted by atomic mass is 32.2. The third-order valence-corrected chi connectivity index (χ3v) is 3.32. The van der Waals surface area contributed by atoms with Crippen LogP contribution in [-0.2, 0) is 0 Å². The lowest BCUT2D eigenvalue weighted by Crippen LogP contribution is -2.01. The maximum atomic E-state index is 6.69. The molecule has 0 aromatic rings. The van der Waals surface area contributed by atoms with E-state index in [9.17, 15) is 0 Å². The van der Waals surface area contributed by atoms with Crippen LogP contribution in [0.5, 0.6) is 0 Å². The molecule has 0 N–H and O–H groups in total. The van der Waals surface area contributed by atoms with Gasteiger partial charge < -0.3 is 9.69 Å². The highest BCUT2D eigenvalue weighted by Crippen LogP contribution is 2.33.